The Kier molecular flexibility index (Phi) is 5.30. The molecule has 1 rings (SSSR count). The van der Waals surface area contributed by atoms with Gasteiger partial charge in [0.05, 0.1) is 18.8 Å². The second kappa shape index (κ2) is 6.74. The standard InChI is InChI=1S/C13H15FO4/c1-3-17-10-8-6-5-7-9(10)12(15)11(14)13(16)18-4-2/h5-8,11H,3-4H2,1-2H3. The molecule has 0 N–H and O–H groups in total. The van der Waals surface area contributed by atoms with Crippen molar-refractivity contribution in [2.24, 2.45) is 0 Å². The fraction of sp³-hybridized carbons (Fsp3) is 0.385. The number of carbonyl (C=O) groups excluding carboxylic acids is 2. The Morgan fingerprint density at radius 1 is 1.22 bits per heavy atom. The van der Waals surface area contributed by atoms with Crippen LogP contribution in [0.1, 0.15) is 24.2 Å². The summed E-state index contributed by atoms with van der Waals surface area (Å²) in [5, 5.41) is 0. The Morgan fingerprint density at radius 2 is 1.89 bits per heavy atom. The first kappa shape index (κ1) is 14.2. The molecule has 1 unspecified atom stereocenters. The fourth-order valence-corrected chi connectivity index (χ4v) is 1.41. The normalized spacial score (nSPS) is 11.7. The number of alkyl halides is 1. The summed E-state index contributed by atoms with van der Waals surface area (Å²) in [6.07, 6.45) is -2.31. The van der Waals surface area contributed by atoms with Crippen LogP contribution >= 0.6 is 0 Å². The summed E-state index contributed by atoms with van der Waals surface area (Å²) < 4.78 is 23.3. The van der Waals surface area contributed by atoms with Gasteiger partial charge in [-0.15, -0.1) is 0 Å². The number of hydrogen-bond acceptors (Lipinski definition) is 4. The van der Waals surface area contributed by atoms with E-state index in [2.05, 4.69) is 4.74 Å². The molecule has 0 aromatic heterocycles. The fourth-order valence-electron chi connectivity index (χ4n) is 1.41. The summed E-state index contributed by atoms with van der Waals surface area (Å²) in [5.74, 6) is -1.86. The predicted octanol–water partition coefficient (Wildman–Crippen LogP) is 2.17. The van der Waals surface area contributed by atoms with Gasteiger partial charge in [0.2, 0.25) is 5.78 Å². The molecule has 18 heavy (non-hydrogen) atoms. The van der Waals surface area contributed by atoms with Crippen LogP contribution in [0.3, 0.4) is 0 Å². The Bertz CT molecular complexity index is 431. The topological polar surface area (TPSA) is 52.6 Å². The number of hydrogen-bond donors (Lipinski definition) is 0. The SMILES string of the molecule is CCOC(=O)C(F)C(=O)c1ccccc1OCC. The van der Waals surface area contributed by atoms with E-state index in [1.807, 2.05) is 0 Å². The van der Waals surface area contributed by atoms with Crippen molar-refractivity contribution in [3.8, 4) is 5.75 Å². The van der Waals surface area contributed by atoms with E-state index >= 15 is 0 Å². The second-order valence-electron chi connectivity index (χ2n) is 3.41. The molecule has 0 saturated carbocycles. The smallest absolute Gasteiger partial charge is 0.349 e. The van der Waals surface area contributed by atoms with Crippen LogP contribution in [0.15, 0.2) is 24.3 Å². The molecule has 4 nitrogen and oxygen atoms in total. The molecule has 98 valence electrons. The minimum atomic E-state index is -2.31. The van der Waals surface area contributed by atoms with Crippen molar-refractivity contribution in [3.05, 3.63) is 29.8 Å². The van der Waals surface area contributed by atoms with Gasteiger partial charge in [-0.05, 0) is 26.0 Å². The van der Waals surface area contributed by atoms with Gasteiger partial charge < -0.3 is 9.47 Å². The molecule has 0 fully saturated rings. The number of rotatable bonds is 6. The molecule has 0 saturated heterocycles. The van der Waals surface area contributed by atoms with E-state index in [1.54, 1.807) is 32.0 Å². The quantitative estimate of drug-likeness (QED) is 0.443. The van der Waals surface area contributed by atoms with E-state index in [4.69, 9.17) is 4.74 Å². The molecule has 0 aliphatic carbocycles. The first-order chi connectivity index (χ1) is 8.61. The van der Waals surface area contributed by atoms with E-state index in [0.717, 1.165) is 0 Å². The van der Waals surface area contributed by atoms with E-state index in [-0.39, 0.29) is 17.9 Å². The highest BCUT2D eigenvalue weighted by Gasteiger charge is 2.30. The van der Waals surface area contributed by atoms with Gasteiger partial charge in [0.25, 0.3) is 6.17 Å². The average Bonchev–Trinajstić information content (AvgIpc) is 2.38. The lowest BCUT2D eigenvalue weighted by molar-refractivity contribution is -0.147. The van der Waals surface area contributed by atoms with Crippen molar-refractivity contribution in [2.45, 2.75) is 20.0 Å². The number of Topliss-reactive ketones (excluding diaryl/α,β-unsaturated/α-hetero) is 1. The largest absolute Gasteiger partial charge is 0.493 e. The molecule has 0 aliphatic heterocycles. The second-order valence-corrected chi connectivity index (χ2v) is 3.41. The molecule has 1 atom stereocenters. The number of ketones is 1. The molecular weight excluding hydrogens is 239 g/mol. The third kappa shape index (κ3) is 3.29. The van der Waals surface area contributed by atoms with Crippen LogP contribution in [0.25, 0.3) is 0 Å². The van der Waals surface area contributed by atoms with E-state index in [0.29, 0.717) is 6.61 Å². The summed E-state index contributed by atoms with van der Waals surface area (Å²) in [6.45, 7) is 3.67. The van der Waals surface area contributed by atoms with Crippen LogP contribution in [0, 0.1) is 0 Å². The molecule has 0 heterocycles. The molecule has 0 radical (unpaired) electrons. The van der Waals surface area contributed by atoms with Gasteiger partial charge in [0.15, 0.2) is 0 Å². The summed E-state index contributed by atoms with van der Waals surface area (Å²) in [4.78, 5) is 23.0. The van der Waals surface area contributed by atoms with Crippen LogP contribution in [0.4, 0.5) is 4.39 Å². The van der Waals surface area contributed by atoms with Crippen molar-refractivity contribution in [3.63, 3.8) is 0 Å². The zero-order chi connectivity index (χ0) is 13.5. The number of esters is 1. The lowest BCUT2D eigenvalue weighted by atomic mass is 10.1. The van der Waals surface area contributed by atoms with Crippen LogP contribution in [-0.4, -0.2) is 31.1 Å². The molecule has 0 amide bonds. The Balaban J connectivity index is 2.92. The van der Waals surface area contributed by atoms with Gasteiger partial charge in [0.1, 0.15) is 5.75 Å². The molecule has 0 spiro atoms. The monoisotopic (exact) mass is 254 g/mol. The van der Waals surface area contributed by atoms with Gasteiger partial charge in [-0.1, -0.05) is 12.1 Å². The summed E-state index contributed by atoms with van der Waals surface area (Å²) in [6, 6.07) is 6.21. The number of benzene rings is 1. The first-order valence-corrected chi connectivity index (χ1v) is 5.68. The highest BCUT2D eigenvalue weighted by Crippen LogP contribution is 2.21. The van der Waals surface area contributed by atoms with Crippen LogP contribution in [0.2, 0.25) is 0 Å². The number of halogens is 1. The van der Waals surface area contributed by atoms with Crippen molar-refractivity contribution in [1.82, 2.24) is 0 Å². The highest BCUT2D eigenvalue weighted by molar-refractivity contribution is 6.12. The Labute approximate surface area is 105 Å². The van der Waals surface area contributed by atoms with Gasteiger partial charge in [-0.3, -0.25) is 4.79 Å². The number of ether oxygens (including phenoxy) is 2. The van der Waals surface area contributed by atoms with Gasteiger partial charge in [-0.2, -0.15) is 0 Å². The molecule has 0 bridgehead atoms. The summed E-state index contributed by atoms with van der Waals surface area (Å²) in [7, 11) is 0. The van der Waals surface area contributed by atoms with Gasteiger partial charge >= 0.3 is 5.97 Å². The minimum Gasteiger partial charge on any atom is -0.493 e. The van der Waals surface area contributed by atoms with Crippen molar-refractivity contribution in [1.29, 1.82) is 0 Å². The van der Waals surface area contributed by atoms with Crippen molar-refractivity contribution in [2.75, 3.05) is 13.2 Å². The van der Waals surface area contributed by atoms with Gasteiger partial charge in [0, 0.05) is 0 Å². The van der Waals surface area contributed by atoms with Crippen LogP contribution < -0.4 is 4.74 Å². The maximum absolute atomic E-state index is 13.6. The van der Waals surface area contributed by atoms with E-state index in [9.17, 15) is 14.0 Å². The predicted molar refractivity (Wildman–Crippen MR) is 63.5 cm³/mol. The van der Waals surface area contributed by atoms with Crippen molar-refractivity contribution >= 4 is 11.8 Å². The molecule has 5 heteroatoms. The Morgan fingerprint density at radius 3 is 2.50 bits per heavy atom. The molecule has 1 aromatic carbocycles. The van der Waals surface area contributed by atoms with Gasteiger partial charge in [-0.25, -0.2) is 9.18 Å². The van der Waals surface area contributed by atoms with Crippen LogP contribution in [-0.2, 0) is 9.53 Å². The number of para-hydroxylation sites is 1. The zero-order valence-corrected chi connectivity index (χ0v) is 10.3. The summed E-state index contributed by atoms with van der Waals surface area (Å²) >= 11 is 0. The lowest BCUT2D eigenvalue weighted by Crippen LogP contribution is -2.28. The first-order valence-electron chi connectivity index (χ1n) is 5.68. The van der Waals surface area contributed by atoms with Crippen molar-refractivity contribution < 1.29 is 23.5 Å². The number of carbonyl (C=O) groups is 2. The maximum atomic E-state index is 13.6. The minimum absolute atomic E-state index is 0.0274. The van der Waals surface area contributed by atoms with E-state index < -0.39 is 17.9 Å². The third-order valence-corrected chi connectivity index (χ3v) is 2.18. The Hall–Kier alpha value is -1.91. The summed E-state index contributed by atoms with van der Waals surface area (Å²) in [5.41, 5.74) is 0.0416. The van der Waals surface area contributed by atoms with E-state index in [1.165, 1.54) is 6.07 Å². The molecular formula is C13H15FO4. The zero-order valence-electron chi connectivity index (χ0n) is 10.3. The molecule has 1 aromatic rings. The average molecular weight is 254 g/mol. The maximum Gasteiger partial charge on any atom is 0.349 e. The third-order valence-electron chi connectivity index (χ3n) is 2.18. The molecule has 0 aliphatic rings. The van der Waals surface area contributed by atoms with Crippen LogP contribution in [0.5, 0.6) is 5.75 Å². The lowest BCUT2D eigenvalue weighted by Gasteiger charge is -2.11. The highest BCUT2D eigenvalue weighted by atomic mass is 19.1.